The Labute approximate surface area is 98.1 Å². The number of amides is 1. The average molecular weight is 248 g/mol. The van der Waals surface area contributed by atoms with Crippen molar-refractivity contribution in [2.75, 3.05) is 13.7 Å². The maximum Gasteiger partial charge on any atom is 0.407 e. The lowest BCUT2D eigenvalue weighted by Gasteiger charge is -2.12. The third kappa shape index (κ3) is 2.36. The fourth-order valence-electron chi connectivity index (χ4n) is 1.53. The van der Waals surface area contributed by atoms with E-state index in [0.29, 0.717) is 11.3 Å². The molecule has 1 saturated heterocycles. The zero-order chi connectivity index (χ0) is 10.8. The average Bonchev–Trinajstić information content (AvgIpc) is 2.65. The third-order valence-electron chi connectivity index (χ3n) is 2.24. The molecule has 0 unspecified atom stereocenters. The van der Waals surface area contributed by atoms with E-state index in [1.54, 1.807) is 0 Å². The number of carbonyl (C=O) groups excluding carboxylic acids is 1. The van der Waals surface area contributed by atoms with Gasteiger partial charge in [-0.05, 0) is 18.2 Å². The van der Waals surface area contributed by atoms with Crippen LogP contribution in [0.5, 0.6) is 5.75 Å². The molecule has 1 amide bonds. The van der Waals surface area contributed by atoms with Gasteiger partial charge in [0.25, 0.3) is 0 Å². The summed E-state index contributed by atoms with van der Waals surface area (Å²) in [5.41, 5.74) is 0.586. The molecule has 0 radical (unpaired) electrons. The highest BCUT2D eigenvalue weighted by Gasteiger charge is 2.26. The van der Waals surface area contributed by atoms with E-state index in [2.05, 4.69) is 5.32 Å². The Balaban J connectivity index is 0.00000128. The molecule has 1 heterocycles. The van der Waals surface area contributed by atoms with Crippen molar-refractivity contribution < 1.29 is 18.7 Å². The number of methoxy groups -OCH3 is 1. The van der Waals surface area contributed by atoms with Crippen molar-refractivity contribution in [1.82, 2.24) is 5.32 Å². The molecule has 1 N–H and O–H groups in total. The van der Waals surface area contributed by atoms with Gasteiger partial charge in [0, 0.05) is 5.56 Å². The number of nitrogens with one attached hydrogen (secondary N) is 1. The molecule has 1 atom stereocenters. The lowest BCUT2D eigenvalue weighted by molar-refractivity contribution is 0.177. The van der Waals surface area contributed by atoms with E-state index < -0.39 is 6.09 Å². The van der Waals surface area contributed by atoms with Gasteiger partial charge in [-0.1, -0.05) is 0 Å². The number of alkyl carbamates (subject to hydrolysis) is 1. The van der Waals surface area contributed by atoms with Crippen LogP contribution in [0.3, 0.4) is 0 Å². The highest BCUT2D eigenvalue weighted by molar-refractivity contribution is 5.85. The summed E-state index contributed by atoms with van der Waals surface area (Å²) in [5, 5.41) is 2.56. The first-order valence-corrected chi connectivity index (χ1v) is 4.47. The number of benzene rings is 1. The van der Waals surface area contributed by atoms with Gasteiger partial charge in [0.05, 0.1) is 13.2 Å². The molecular formula is C10H11ClFNO3. The Morgan fingerprint density at radius 2 is 2.31 bits per heavy atom. The largest absolute Gasteiger partial charge is 0.496 e. The minimum atomic E-state index is -0.494. The predicted octanol–water partition coefficient (Wildman–Crippen LogP) is 2.04. The van der Waals surface area contributed by atoms with Gasteiger partial charge in [0.1, 0.15) is 18.2 Å². The predicted molar refractivity (Wildman–Crippen MR) is 57.4 cm³/mol. The summed E-state index contributed by atoms with van der Waals surface area (Å²) in [6.45, 7) is 0.193. The molecule has 0 spiro atoms. The molecule has 16 heavy (non-hydrogen) atoms. The fraction of sp³-hybridized carbons (Fsp3) is 0.300. The second-order valence-electron chi connectivity index (χ2n) is 3.18. The van der Waals surface area contributed by atoms with Crippen LogP contribution in [0.4, 0.5) is 9.18 Å². The SMILES string of the molecule is COc1ccc(F)cc1[C@@H]1COC(=O)N1.Cl. The Morgan fingerprint density at radius 3 is 2.88 bits per heavy atom. The number of cyclic esters (lactones) is 1. The van der Waals surface area contributed by atoms with Crippen LogP contribution in [0.15, 0.2) is 18.2 Å². The van der Waals surface area contributed by atoms with Gasteiger partial charge in [-0.3, -0.25) is 0 Å². The quantitative estimate of drug-likeness (QED) is 0.870. The summed E-state index contributed by atoms with van der Waals surface area (Å²) in [5.74, 6) is 0.166. The highest BCUT2D eigenvalue weighted by Crippen LogP contribution is 2.28. The van der Waals surface area contributed by atoms with Crippen LogP contribution < -0.4 is 10.1 Å². The molecule has 1 aliphatic rings. The van der Waals surface area contributed by atoms with E-state index in [9.17, 15) is 9.18 Å². The molecule has 2 rings (SSSR count). The number of carbonyl (C=O) groups is 1. The van der Waals surface area contributed by atoms with E-state index in [1.807, 2.05) is 0 Å². The van der Waals surface area contributed by atoms with Gasteiger partial charge in [-0.25, -0.2) is 9.18 Å². The van der Waals surface area contributed by atoms with Gasteiger partial charge in [0.2, 0.25) is 0 Å². The number of hydrogen-bond acceptors (Lipinski definition) is 3. The summed E-state index contributed by atoms with van der Waals surface area (Å²) in [4.78, 5) is 10.8. The molecule has 1 aromatic carbocycles. The summed E-state index contributed by atoms with van der Waals surface area (Å²) < 4.78 is 22.8. The Kier molecular flexibility index (Phi) is 3.95. The maximum absolute atomic E-state index is 13.0. The van der Waals surface area contributed by atoms with Crippen molar-refractivity contribution >= 4 is 18.5 Å². The van der Waals surface area contributed by atoms with Crippen LogP contribution in [0, 0.1) is 5.82 Å². The minimum Gasteiger partial charge on any atom is -0.496 e. The molecule has 1 fully saturated rings. The Morgan fingerprint density at radius 1 is 1.56 bits per heavy atom. The first-order chi connectivity index (χ1) is 7.20. The van der Waals surface area contributed by atoms with Crippen molar-refractivity contribution in [1.29, 1.82) is 0 Å². The summed E-state index contributed by atoms with van der Waals surface area (Å²) in [7, 11) is 1.49. The monoisotopic (exact) mass is 247 g/mol. The molecule has 0 saturated carbocycles. The minimum absolute atomic E-state index is 0. The number of ether oxygens (including phenoxy) is 2. The van der Waals surface area contributed by atoms with Crippen molar-refractivity contribution in [3.63, 3.8) is 0 Å². The molecule has 0 bridgehead atoms. The second-order valence-corrected chi connectivity index (χ2v) is 3.18. The molecule has 6 heteroatoms. The van der Waals surface area contributed by atoms with E-state index >= 15 is 0 Å². The van der Waals surface area contributed by atoms with Gasteiger partial charge < -0.3 is 14.8 Å². The first-order valence-electron chi connectivity index (χ1n) is 4.47. The van der Waals surface area contributed by atoms with Crippen LogP contribution in [-0.2, 0) is 4.74 Å². The molecule has 4 nitrogen and oxygen atoms in total. The second kappa shape index (κ2) is 5.03. The van der Waals surface area contributed by atoms with Crippen molar-refractivity contribution in [3.05, 3.63) is 29.6 Å². The first kappa shape index (κ1) is 12.6. The standard InChI is InChI=1S/C10H10FNO3.ClH/c1-14-9-3-2-6(11)4-7(9)8-5-15-10(13)12-8;/h2-4,8H,5H2,1H3,(H,12,13);1H/t8-;/m0./s1. The zero-order valence-corrected chi connectivity index (χ0v) is 9.34. The maximum atomic E-state index is 13.0. The zero-order valence-electron chi connectivity index (χ0n) is 8.53. The van der Waals surface area contributed by atoms with Gasteiger partial charge in [-0.15, -0.1) is 12.4 Å². The third-order valence-corrected chi connectivity index (χ3v) is 2.24. The van der Waals surface area contributed by atoms with Crippen LogP contribution in [0.1, 0.15) is 11.6 Å². The van der Waals surface area contributed by atoms with E-state index in [-0.39, 0.29) is 30.9 Å². The normalized spacial score (nSPS) is 18.4. The summed E-state index contributed by atoms with van der Waals surface area (Å²) >= 11 is 0. The van der Waals surface area contributed by atoms with Crippen LogP contribution in [0.2, 0.25) is 0 Å². The van der Waals surface area contributed by atoms with E-state index in [0.717, 1.165) is 0 Å². The Bertz CT molecular complexity index is 400. The van der Waals surface area contributed by atoms with Crippen LogP contribution in [-0.4, -0.2) is 19.8 Å². The van der Waals surface area contributed by atoms with Gasteiger partial charge in [0.15, 0.2) is 0 Å². The van der Waals surface area contributed by atoms with Crippen LogP contribution in [0.25, 0.3) is 0 Å². The molecular weight excluding hydrogens is 237 g/mol. The fourth-order valence-corrected chi connectivity index (χ4v) is 1.53. The topological polar surface area (TPSA) is 47.6 Å². The molecule has 1 aliphatic heterocycles. The van der Waals surface area contributed by atoms with Gasteiger partial charge >= 0.3 is 6.09 Å². The molecule has 0 aliphatic carbocycles. The number of hydrogen-bond donors (Lipinski definition) is 1. The Hall–Kier alpha value is -1.49. The molecule has 1 aromatic rings. The van der Waals surface area contributed by atoms with Crippen molar-refractivity contribution in [2.45, 2.75) is 6.04 Å². The highest BCUT2D eigenvalue weighted by atomic mass is 35.5. The lowest BCUT2D eigenvalue weighted by atomic mass is 10.1. The smallest absolute Gasteiger partial charge is 0.407 e. The molecule has 88 valence electrons. The van der Waals surface area contributed by atoms with E-state index in [1.165, 1.54) is 25.3 Å². The van der Waals surface area contributed by atoms with Gasteiger partial charge in [-0.2, -0.15) is 0 Å². The molecule has 0 aromatic heterocycles. The van der Waals surface area contributed by atoms with Crippen molar-refractivity contribution in [3.8, 4) is 5.75 Å². The number of rotatable bonds is 2. The van der Waals surface area contributed by atoms with E-state index in [4.69, 9.17) is 9.47 Å². The lowest BCUT2D eigenvalue weighted by Crippen LogP contribution is -2.19. The summed E-state index contributed by atoms with van der Waals surface area (Å²) in [6.07, 6.45) is -0.494. The van der Waals surface area contributed by atoms with Crippen molar-refractivity contribution in [2.24, 2.45) is 0 Å². The van der Waals surface area contributed by atoms with Crippen LogP contribution >= 0.6 is 12.4 Å². The number of halogens is 2. The summed E-state index contributed by atoms with van der Waals surface area (Å²) in [6, 6.07) is 3.82.